The summed E-state index contributed by atoms with van der Waals surface area (Å²) in [5.74, 6) is 0.185. The fourth-order valence-corrected chi connectivity index (χ4v) is 7.65. The molecular weight excluding hydrogens is 643 g/mol. The van der Waals surface area contributed by atoms with Gasteiger partial charge in [0.1, 0.15) is 34.6 Å². The highest BCUT2D eigenvalue weighted by molar-refractivity contribution is 7.89. The fraction of sp³-hybridized carbons (Fsp3) is 0.412. The highest BCUT2D eigenvalue weighted by Gasteiger charge is 2.27. The number of fused-ring (bicyclic) bond motifs is 2. The normalized spacial score (nSPS) is 12.0. The monoisotopic (exact) mass is 685 g/mol. The SMILES string of the molecule is CCN(CC)c1ccc2c(-c3ccc(S(=O)(=O)[O-])cc3S(=O)(=O)NCCCCCC(=O)OC)c3ccc(=[N+](CC)CC)cc-3oc2c1. The van der Waals surface area contributed by atoms with Crippen LogP contribution in [0.4, 0.5) is 5.69 Å². The summed E-state index contributed by atoms with van der Waals surface area (Å²) in [4.78, 5) is 12.6. The summed E-state index contributed by atoms with van der Waals surface area (Å²) in [6.07, 6.45) is 1.75. The minimum Gasteiger partial charge on any atom is -0.744 e. The molecule has 47 heavy (non-hydrogen) atoms. The predicted octanol–water partition coefficient (Wildman–Crippen LogP) is 4.78. The molecule has 0 atom stereocenters. The van der Waals surface area contributed by atoms with Gasteiger partial charge in [0.05, 0.1) is 23.0 Å². The summed E-state index contributed by atoms with van der Waals surface area (Å²) in [5.41, 5.74) is 2.85. The first kappa shape index (κ1) is 36.1. The number of esters is 1. The zero-order valence-electron chi connectivity index (χ0n) is 27.5. The lowest BCUT2D eigenvalue weighted by atomic mass is 9.93. The number of sulfonamides is 1. The number of methoxy groups -OCH3 is 1. The second kappa shape index (κ2) is 15.4. The first-order chi connectivity index (χ1) is 22.4. The third-order valence-electron chi connectivity index (χ3n) is 8.32. The zero-order valence-corrected chi connectivity index (χ0v) is 29.2. The van der Waals surface area contributed by atoms with E-state index in [-0.39, 0.29) is 29.4 Å². The number of hydrogen-bond acceptors (Lipinski definition) is 9. The van der Waals surface area contributed by atoms with Crippen LogP contribution in [0.15, 0.2) is 68.8 Å². The van der Waals surface area contributed by atoms with E-state index in [2.05, 4.69) is 46.6 Å². The van der Waals surface area contributed by atoms with Gasteiger partial charge in [0, 0.05) is 66.0 Å². The Hall–Kier alpha value is -3.78. The summed E-state index contributed by atoms with van der Waals surface area (Å²) in [6, 6.07) is 14.9. The third-order valence-corrected chi connectivity index (χ3v) is 10.7. The molecule has 0 saturated carbocycles. The number of unbranched alkanes of at least 4 members (excludes halogenated alkanes) is 2. The average Bonchev–Trinajstić information content (AvgIpc) is 3.05. The highest BCUT2D eigenvalue weighted by Crippen LogP contribution is 2.43. The van der Waals surface area contributed by atoms with Crippen LogP contribution in [0.3, 0.4) is 0 Å². The number of rotatable bonds is 15. The predicted molar refractivity (Wildman–Crippen MR) is 182 cm³/mol. The molecule has 0 aromatic heterocycles. The lowest BCUT2D eigenvalue weighted by Crippen LogP contribution is -2.29. The van der Waals surface area contributed by atoms with Crippen molar-refractivity contribution >= 4 is 42.8 Å². The molecule has 11 nitrogen and oxygen atoms in total. The van der Waals surface area contributed by atoms with Crippen molar-refractivity contribution in [2.75, 3.05) is 44.7 Å². The maximum atomic E-state index is 13.9. The van der Waals surface area contributed by atoms with Crippen molar-refractivity contribution in [1.82, 2.24) is 9.30 Å². The molecule has 1 heterocycles. The number of hydrogen-bond donors (Lipinski definition) is 1. The first-order valence-electron chi connectivity index (χ1n) is 15.9. The van der Waals surface area contributed by atoms with Gasteiger partial charge in [0.2, 0.25) is 15.4 Å². The number of carbonyl (C=O) groups excluding carboxylic acids is 1. The lowest BCUT2D eigenvalue weighted by molar-refractivity contribution is -0.140. The third kappa shape index (κ3) is 8.21. The topological polar surface area (TPSA) is 149 Å². The molecule has 1 aliphatic heterocycles. The van der Waals surface area contributed by atoms with Crippen LogP contribution >= 0.6 is 0 Å². The molecule has 0 bridgehead atoms. The van der Waals surface area contributed by atoms with E-state index in [1.165, 1.54) is 13.2 Å². The number of nitrogens with one attached hydrogen (secondary N) is 1. The molecule has 4 rings (SSSR count). The smallest absolute Gasteiger partial charge is 0.305 e. The van der Waals surface area contributed by atoms with Crippen LogP contribution in [0.25, 0.3) is 33.4 Å². The maximum Gasteiger partial charge on any atom is 0.305 e. The number of benzene rings is 3. The van der Waals surface area contributed by atoms with Gasteiger partial charge in [-0.15, -0.1) is 0 Å². The van der Waals surface area contributed by atoms with Crippen LogP contribution in [0.5, 0.6) is 0 Å². The van der Waals surface area contributed by atoms with Gasteiger partial charge in [-0.05, 0) is 70.9 Å². The molecule has 0 saturated heterocycles. The van der Waals surface area contributed by atoms with E-state index in [1.54, 1.807) is 0 Å². The van der Waals surface area contributed by atoms with E-state index < -0.39 is 25.0 Å². The van der Waals surface area contributed by atoms with Gasteiger partial charge >= 0.3 is 5.97 Å². The van der Waals surface area contributed by atoms with Gasteiger partial charge in [-0.2, -0.15) is 0 Å². The molecule has 0 spiro atoms. The van der Waals surface area contributed by atoms with Gasteiger partial charge in [0.25, 0.3) is 0 Å². The summed E-state index contributed by atoms with van der Waals surface area (Å²) in [6.45, 7) is 11.4. The molecule has 2 aromatic carbocycles. The minimum absolute atomic E-state index is 0.0450. The molecule has 2 aliphatic rings. The van der Waals surface area contributed by atoms with Crippen LogP contribution in [0, 0.1) is 0 Å². The molecular formula is C34H43N3O8S2. The molecule has 0 unspecified atom stereocenters. The lowest BCUT2D eigenvalue weighted by Gasteiger charge is -2.23. The van der Waals surface area contributed by atoms with Crippen molar-refractivity contribution in [3.63, 3.8) is 0 Å². The van der Waals surface area contributed by atoms with Gasteiger partial charge in [-0.3, -0.25) is 4.79 Å². The quantitative estimate of drug-likeness (QED) is 0.0614. The molecule has 0 radical (unpaired) electrons. The summed E-state index contributed by atoms with van der Waals surface area (Å²) >= 11 is 0. The summed E-state index contributed by atoms with van der Waals surface area (Å²) in [7, 11) is -7.98. The largest absolute Gasteiger partial charge is 0.744 e. The van der Waals surface area contributed by atoms with E-state index in [1.807, 2.05) is 36.4 Å². The molecule has 254 valence electrons. The Bertz CT molecular complexity index is 1990. The standard InChI is InChI=1S/C34H43N3O8S2/c1-6-36(7-2)24-14-17-27-30(21-24)45-31-22-25(37(8-3)9-4)15-18-28(31)34(27)29-19-16-26(47(41,42)43)23-32(29)46(39,40)35-20-12-10-11-13-33(38)44-5/h14-19,21-23,35H,6-13,20H2,1-5H3. The van der Waals surface area contributed by atoms with Crippen molar-refractivity contribution < 1.29 is 35.3 Å². The molecule has 13 heteroatoms. The Kier molecular flexibility index (Phi) is 11.8. The number of nitrogens with zero attached hydrogens (tertiary/aromatic N) is 2. The van der Waals surface area contributed by atoms with Crippen molar-refractivity contribution in [2.24, 2.45) is 0 Å². The molecule has 1 aliphatic carbocycles. The number of anilines is 1. The Morgan fingerprint density at radius 3 is 2.23 bits per heavy atom. The van der Waals surface area contributed by atoms with Crippen molar-refractivity contribution in [3.05, 3.63) is 60.0 Å². The van der Waals surface area contributed by atoms with Gasteiger partial charge in [-0.1, -0.05) is 12.5 Å². The van der Waals surface area contributed by atoms with Crippen LogP contribution in [-0.4, -0.2) is 67.2 Å². The second-order valence-corrected chi connectivity index (χ2v) is 14.2. The zero-order chi connectivity index (χ0) is 34.4. The van der Waals surface area contributed by atoms with E-state index in [0.717, 1.165) is 49.4 Å². The number of ether oxygens (including phenoxy) is 1. The Labute approximate surface area is 277 Å². The van der Waals surface area contributed by atoms with Crippen molar-refractivity contribution in [3.8, 4) is 22.5 Å². The fourth-order valence-electron chi connectivity index (χ4n) is 5.77. The molecule has 0 amide bonds. The van der Waals surface area contributed by atoms with Crippen LogP contribution in [-0.2, 0) is 29.7 Å². The van der Waals surface area contributed by atoms with Gasteiger partial charge in [0.15, 0.2) is 0 Å². The van der Waals surface area contributed by atoms with Crippen LogP contribution in [0.2, 0.25) is 0 Å². The minimum atomic E-state index is -4.97. The average molecular weight is 686 g/mol. The summed E-state index contributed by atoms with van der Waals surface area (Å²) in [5, 5.41) is 1.56. The Balaban J connectivity index is 1.96. The van der Waals surface area contributed by atoms with E-state index in [0.29, 0.717) is 47.1 Å². The van der Waals surface area contributed by atoms with Gasteiger partial charge < -0.3 is 18.6 Å². The van der Waals surface area contributed by atoms with E-state index >= 15 is 0 Å². The summed E-state index contributed by atoms with van der Waals surface area (Å²) < 4.78 is 79.9. The number of carbonyl (C=O) groups is 1. The van der Waals surface area contributed by atoms with Crippen molar-refractivity contribution in [2.45, 2.75) is 63.2 Å². The Morgan fingerprint density at radius 1 is 0.894 bits per heavy atom. The highest BCUT2D eigenvalue weighted by atomic mass is 32.2. The molecule has 2 aromatic rings. The van der Waals surface area contributed by atoms with E-state index in [9.17, 15) is 26.2 Å². The van der Waals surface area contributed by atoms with Crippen LogP contribution in [0.1, 0.15) is 53.4 Å². The maximum absolute atomic E-state index is 13.9. The first-order valence-corrected chi connectivity index (χ1v) is 18.8. The van der Waals surface area contributed by atoms with Crippen molar-refractivity contribution in [1.29, 1.82) is 0 Å². The Morgan fingerprint density at radius 2 is 1.60 bits per heavy atom. The van der Waals surface area contributed by atoms with Gasteiger partial charge in [-0.25, -0.2) is 26.1 Å². The second-order valence-electron chi connectivity index (χ2n) is 11.1. The van der Waals surface area contributed by atoms with E-state index in [4.69, 9.17) is 4.42 Å². The molecule has 1 N–H and O–H groups in total. The van der Waals surface area contributed by atoms with Crippen LogP contribution < -0.4 is 19.6 Å². The molecule has 0 fully saturated rings.